The molecule has 118 valence electrons. The number of hydrogen-bond donors (Lipinski definition) is 1. The molecule has 0 bridgehead atoms. The zero-order valence-corrected chi connectivity index (χ0v) is 14.0. The molecule has 0 aromatic heterocycles. The molecule has 0 aliphatic heterocycles. The first-order valence-electron chi connectivity index (χ1n) is 7.93. The van der Waals surface area contributed by atoms with Crippen LogP contribution in [0.1, 0.15) is 51.1 Å². The van der Waals surface area contributed by atoms with Crippen molar-refractivity contribution >= 4 is 0 Å². The van der Waals surface area contributed by atoms with E-state index in [0.29, 0.717) is 11.3 Å². The Balaban J connectivity index is 2.45. The maximum absolute atomic E-state index is 5.61. The molecule has 3 heteroatoms. The predicted octanol–water partition coefficient (Wildman–Crippen LogP) is 4.18. The summed E-state index contributed by atoms with van der Waals surface area (Å²) < 4.78 is 11.2. The van der Waals surface area contributed by atoms with Crippen LogP contribution in [0, 0.1) is 11.3 Å². The lowest BCUT2D eigenvalue weighted by Gasteiger charge is -2.43. The minimum atomic E-state index is 0.256. The van der Waals surface area contributed by atoms with Crippen molar-refractivity contribution in [2.24, 2.45) is 11.3 Å². The van der Waals surface area contributed by atoms with E-state index in [1.54, 1.807) is 14.2 Å². The molecule has 3 nitrogen and oxygen atoms in total. The molecule has 1 fully saturated rings. The minimum Gasteiger partial charge on any atom is -0.496 e. The van der Waals surface area contributed by atoms with Gasteiger partial charge in [-0.25, -0.2) is 0 Å². The van der Waals surface area contributed by atoms with E-state index in [1.807, 2.05) is 25.2 Å². The molecule has 2 rings (SSSR count). The largest absolute Gasteiger partial charge is 0.496 e. The van der Waals surface area contributed by atoms with Gasteiger partial charge in [0, 0.05) is 6.04 Å². The van der Waals surface area contributed by atoms with Crippen molar-refractivity contribution in [2.45, 2.75) is 45.6 Å². The molecule has 0 saturated heterocycles. The van der Waals surface area contributed by atoms with Crippen molar-refractivity contribution in [2.75, 3.05) is 21.3 Å². The van der Waals surface area contributed by atoms with E-state index in [4.69, 9.17) is 9.47 Å². The maximum atomic E-state index is 5.61. The molecule has 1 aromatic carbocycles. The van der Waals surface area contributed by atoms with E-state index in [0.717, 1.165) is 17.1 Å². The Hall–Kier alpha value is -1.22. The van der Waals surface area contributed by atoms with Gasteiger partial charge in [0.25, 0.3) is 0 Å². The molecule has 2 atom stereocenters. The van der Waals surface area contributed by atoms with Gasteiger partial charge in [-0.2, -0.15) is 0 Å². The third-order valence-electron chi connectivity index (χ3n) is 5.08. The van der Waals surface area contributed by atoms with Crippen LogP contribution in [0.15, 0.2) is 18.2 Å². The summed E-state index contributed by atoms with van der Waals surface area (Å²) in [7, 11) is 5.51. The van der Waals surface area contributed by atoms with Crippen LogP contribution < -0.4 is 14.8 Å². The van der Waals surface area contributed by atoms with Gasteiger partial charge in [0.15, 0.2) is 0 Å². The monoisotopic (exact) mass is 291 g/mol. The molecular weight excluding hydrogens is 262 g/mol. The highest BCUT2D eigenvalue weighted by Gasteiger charge is 2.39. The van der Waals surface area contributed by atoms with Gasteiger partial charge < -0.3 is 14.8 Å². The van der Waals surface area contributed by atoms with E-state index in [-0.39, 0.29) is 6.04 Å². The summed E-state index contributed by atoms with van der Waals surface area (Å²) >= 11 is 0. The second-order valence-electron chi connectivity index (χ2n) is 6.68. The average Bonchev–Trinajstić information content (AvgIpc) is 2.49. The van der Waals surface area contributed by atoms with Gasteiger partial charge in [0.05, 0.1) is 19.8 Å². The first kappa shape index (κ1) is 16.2. The molecule has 1 aromatic rings. The topological polar surface area (TPSA) is 30.5 Å². The van der Waals surface area contributed by atoms with Crippen LogP contribution in [0.2, 0.25) is 0 Å². The molecule has 0 heterocycles. The van der Waals surface area contributed by atoms with Gasteiger partial charge in [-0.05, 0) is 43.4 Å². The average molecular weight is 291 g/mol. The number of nitrogens with one attached hydrogen (secondary N) is 1. The fraction of sp³-hybridized carbons (Fsp3) is 0.667. The summed E-state index contributed by atoms with van der Waals surface area (Å²) in [5.74, 6) is 2.41. The Morgan fingerprint density at radius 3 is 2.24 bits per heavy atom. The summed E-state index contributed by atoms with van der Waals surface area (Å²) in [6.07, 6.45) is 5.18. The van der Waals surface area contributed by atoms with Gasteiger partial charge in [0.1, 0.15) is 11.5 Å². The van der Waals surface area contributed by atoms with E-state index in [1.165, 1.54) is 25.7 Å². The number of methoxy groups -OCH3 is 2. The van der Waals surface area contributed by atoms with Gasteiger partial charge in [-0.3, -0.25) is 0 Å². The molecule has 21 heavy (non-hydrogen) atoms. The van der Waals surface area contributed by atoms with Crippen LogP contribution in [-0.2, 0) is 0 Å². The Morgan fingerprint density at radius 2 is 1.76 bits per heavy atom. The lowest BCUT2D eigenvalue weighted by Crippen LogP contribution is -2.38. The number of benzene rings is 1. The summed E-state index contributed by atoms with van der Waals surface area (Å²) in [6, 6.07) is 6.29. The highest BCUT2D eigenvalue weighted by Crippen LogP contribution is 2.49. The Morgan fingerprint density at radius 1 is 1.14 bits per heavy atom. The number of rotatable bonds is 5. The molecule has 1 aliphatic carbocycles. The standard InChI is InChI=1S/C18H29NO2/c1-18(2)12-7-6-9-13(18)17(19-3)16-14(20-4)10-8-11-15(16)21-5/h8,10-11,13,17,19H,6-7,9,12H2,1-5H3. The van der Waals surface area contributed by atoms with Crippen LogP contribution in [-0.4, -0.2) is 21.3 Å². The van der Waals surface area contributed by atoms with Crippen molar-refractivity contribution in [1.82, 2.24) is 5.32 Å². The van der Waals surface area contributed by atoms with Crippen molar-refractivity contribution in [3.8, 4) is 11.5 Å². The predicted molar refractivity (Wildman–Crippen MR) is 87.1 cm³/mol. The SMILES string of the molecule is CNC(c1c(OC)cccc1OC)C1CCCCC1(C)C. The Kier molecular flexibility index (Phi) is 5.15. The summed E-state index contributed by atoms with van der Waals surface area (Å²) in [5.41, 5.74) is 1.49. The fourth-order valence-corrected chi connectivity index (χ4v) is 3.87. The zero-order chi connectivity index (χ0) is 15.5. The molecule has 0 spiro atoms. The van der Waals surface area contributed by atoms with E-state index in [2.05, 4.69) is 19.2 Å². The zero-order valence-electron chi connectivity index (χ0n) is 14.0. The van der Waals surface area contributed by atoms with Crippen molar-refractivity contribution in [1.29, 1.82) is 0 Å². The third kappa shape index (κ3) is 3.18. The normalized spacial score (nSPS) is 22.6. The van der Waals surface area contributed by atoms with Crippen LogP contribution in [0.25, 0.3) is 0 Å². The molecule has 1 aliphatic rings. The molecule has 0 radical (unpaired) electrons. The van der Waals surface area contributed by atoms with Crippen molar-refractivity contribution in [3.05, 3.63) is 23.8 Å². The van der Waals surface area contributed by atoms with Crippen LogP contribution in [0.3, 0.4) is 0 Å². The summed E-state index contributed by atoms with van der Waals surface area (Å²) in [6.45, 7) is 4.78. The Bertz CT molecular complexity index is 448. The van der Waals surface area contributed by atoms with Gasteiger partial charge in [0.2, 0.25) is 0 Å². The van der Waals surface area contributed by atoms with Crippen LogP contribution >= 0.6 is 0 Å². The smallest absolute Gasteiger partial charge is 0.127 e. The fourth-order valence-electron chi connectivity index (χ4n) is 3.87. The summed E-state index contributed by atoms with van der Waals surface area (Å²) in [4.78, 5) is 0. The second kappa shape index (κ2) is 6.69. The van der Waals surface area contributed by atoms with Gasteiger partial charge >= 0.3 is 0 Å². The number of hydrogen-bond acceptors (Lipinski definition) is 3. The molecule has 0 amide bonds. The van der Waals surface area contributed by atoms with Crippen LogP contribution in [0.5, 0.6) is 11.5 Å². The van der Waals surface area contributed by atoms with Crippen molar-refractivity contribution in [3.63, 3.8) is 0 Å². The Labute approximate surface area is 129 Å². The summed E-state index contributed by atoms with van der Waals surface area (Å²) in [5, 5.41) is 3.53. The van der Waals surface area contributed by atoms with Gasteiger partial charge in [-0.1, -0.05) is 32.8 Å². The van der Waals surface area contributed by atoms with Crippen LogP contribution in [0.4, 0.5) is 0 Å². The highest BCUT2D eigenvalue weighted by molar-refractivity contribution is 5.47. The quantitative estimate of drug-likeness (QED) is 0.882. The number of ether oxygens (including phenoxy) is 2. The third-order valence-corrected chi connectivity index (χ3v) is 5.08. The maximum Gasteiger partial charge on any atom is 0.127 e. The minimum absolute atomic E-state index is 0.256. The van der Waals surface area contributed by atoms with E-state index in [9.17, 15) is 0 Å². The molecular formula is C18H29NO2. The van der Waals surface area contributed by atoms with E-state index < -0.39 is 0 Å². The lowest BCUT2D eigenvalue weighted by molar-refractivity contribution is 0.0990. The second-order valence-corrected chi connectivity index (χ2v) is 6.68. The first-order valence-corrected chi connectivity index (χ1v) is 7.93. The highest BCUT2D eigenvalue weighted by atomic mass is 16.5. The van der Waals surface area contributed by atoms with Crippen molar-refractivity contribution < 1.29 is 9.47 Å². The van der Waals surface area contributed by atoms with Gasteiger partial charge in [-0.15, -0.1) is 0 Å². The molecule has 1 N–H and O–H groups in total. The first-order chi connectivity index (χ1) is 10.0. The molecule has 1 saturated carbocycles. The van der Waals surface area contributed by atoms with E-state index >= 15 is 0 Å². The lowest BCUT2D eigenvalue weighted by atomic mass is 9.64. The molecule has 2 unspecified atom stereocenters.